The highest BCUT2D eigenvalue weighted by Crippen LogP contribution is 2.38. The Morgan fingerprint density at radius 3 is 3.10 bits per heavy atom. The number of aliphatic hydroxyl groups is 1. The van der Waals surface area contributed by atoms with E-state index in [-0.39, 0.29) is 19.0 Å². The Labute approximate surface area is 121 Å². The number of furan rings is 1. The van der Waals surface area contributed by atoms with Gasteiger partial charge in [-0.1, -0.05) is 5.21 Å². The summed E-state index contributed by atoms with van der Waals surface area (Å²) in [6.07, 6.45) is 5.59. The number of nitrogens with zero attached hydrogens (tertiary/aromatic N) is 3. The number of carbonyl (C=O) groups is 1. The maximum atomic E-state index is 11.9. The quantitative estimate of drug-likeness (QED) is 0.819. The predicted octanol–water partition coefficient (Wildman–Crippen LogP) is 0.772. The van der Waals surface area contributed by atoms with Gasteiger partial charge in [-0.15, -0.1) is 5.10 Å². The van der Waals surface area contributed by atoms with Crippen molar-refractivity contribution in [1.29, 1.82) is 0 Å². The first kappa shape index (κ1) is 13.8. The van der Waals surface area contributed by atoms with Crippen molar-refractivity contribution in [2.75, 3.05) is 6.54 Å². The van der Waals surface area contributed by atoms with Crippen molar-refractivity contribution < 1.29 is 14.3 Å². The minimum Gasteiger partial charge on any atom is -0.466 e. The van der Waals surface area contributed by atoms with Gasteiger partial charge >= 0.3 is 0 Å². The molecule has 7 heteroatoms. The largest absolute Gasteiger partial charge is 0.466 e. The minimum absolute atomic E-state index is 0.0729. The highest BCUT2D eigenvalue weighted by Gasteiger charge is 2.28. The molecule has 2 N–H and O–H groups in total. The molecule has 1 saturated carbocycles. The molecule has 1 atom stereocenters. The van der Waals surface area contributed by atoms with E-state index >= 15 is 0 Å². The summed E-state index contributed by atoms with van der Waals surface area (Å²) in [7, 11) is 0. The van der Waals surface area contributed by atoms with Gasteiger partial charge < -0.3 is 14.8 Å². The zero-order valence-electron chi connectivity index (χ0n) is 11.8. The third kappa shape index (κ3) is 3.30. The smallest absolute Gasteiger partial charge is 0.241 e. The molecule has 1 fully saturated rings. The number of rotatable bonds is 6. The van der Waals surface area contributed by atoms with Crippen molar-refractivity contribution in [2.24, 2.45) is 0 Å². The van der Waals surface area contributed by atoms with Gasteiger partial charge in [0.15, 0.2) is 0 Å². The summed E-state index contributed by atoms with van der Waals surface area (Å²) < 4.78 is 6.68. The summed E-state index contributed by atoms with van der Waals surface area (Å²) in [5.41, 5.74) is -0.286. The third-order valence-corrected chi connectivity index (χ3v) is 3.54. The van der Waals surface area contributed by atoms with Crippen molar-refractivity contribution in [3.8, 4) is 0 Å². The van der Waals surface area contributed by atoms with E-state index < -0.39 is 5.60 Å². The van der Waals surface area contributed by atoms with Crippen LogP contribution in [-0.2, 0) is 16.9 Å². The lowest BCUT2D eigenvalue weighted by Crippen LogP contribution is -2.39. The van der Waals surface area contributed by atoms with Crippen molar-refractivity contribution in [3.05, 3.63) is 36.0 Å². The molecule has 0 radical (unpaired) electrons. The number of aromatic nitrogens is 3. The Kier molecular flexibility index (Phi) is 3.50. The fourth-order valence-corrected chi connectivity index (χ4v) is 2.10. The SMILES string of the molecule is CC(O)(CNC(=O)Cn1cc(C2CC2)nn1)c1ccco1. The van der Waals surface area contributed by atoms with E-state index in [0.29, 0.717) is 11.7 Å². The van der Waals surface area contributed by atoms with Crippen LogP contribution in [0.15, 0.2) is 29.0 Å². The number of hydrogen-bond acceptors (Lipinski definition) is 5. The molecule has 2 aromatic heterocycles. The highest BCUT2D eigenvalue weighted by atomic mass is 16.4. The van der Waals surface area contributed by atoms with Crippen LogP contribution in [0.5, 0.6) is 0 Å². The maximum absolute atomic E-state index is 11.9. The molecule has 3 rings (SSSR count). The van der Waals surface area contributed by atoms with Gasteiger partial charge in [0, 0.05) is 12.1 Å². The van der Waals surface area contributed by atoms with Crippen LogP contribution in [0, 0.1) is 0 Å². The molecule has 2 heterocycles. The molecule has 0 bridgehead atoms. The van der Waals surface area contributed by atoms with E-state index in [1.807, 2.05) is 6.20 Å². The molecule has 1 unspecified atom stereocenters. The number of carbonyl (C=O) groups excluding carboxylic acids is 1. The summed E-state index contributed by atoms with van der Waals surface area (Å²) >= 11 is 0. The molecular weight excluding hydrogens is 272 g/mol. The summed E-state index contributed by atoms with van der Waals surface area (Å²) in [5.74, 6) is 0.704. The van der Waals surface area contributed by atoms with Crippen molar-refractivity contribution in [3.63, 3.8) is 0 Å². The molecule has 0 aliphatic heterocycles. The van der Waals surface area contributed by atoms with Crippen LogP contribution in [-0.4, -0.2) is 32.6 Å². The third-order valence-electron chi connectivity index (χ3n) is 3.54. The molecule has 7 nitrogen and oxygen atoms in total. The average molecular weight is 290 g/mol. The molecule has 21 heavy (non-hydrogen) atoms. The summed E-state index contributed by atoms with van der Waals surface area (Å²) in [4.78, 5) is 11.9. The molecule has 112 valence electrons. The van der Waals surface area contributed by atoms with Gasteiger partial charge in [0.2, 0.25) is 5.91 Å². The van der Waals surface area contributed by atoms with Gasteiger partial charge in [0.25, 0.3) is 0 Å². The zero-order valence-corrected chi connectivity index (χ0v) is 11.8. The van der Waals surface area contributed by atoms with E-state index in [0.717, 1.165) is 18.5 Å². The Morgan fingerprint density at radius 1 is 1.62 bits per heavy atom. The van der Waals surface area contributed by atoms with Gasteiger partial charge in [0.05, 0.1) is 18.5 Å². The van der Waals surface area contributed by atoms with Crippen LogP contribution >= 0.6 is 0 Å². The monoisotopic (exact) mass is 290 g/mol. The Bertz CT molecular complexity index is 614. The zero-order chi connectivity index (χ0) is 14.9. The topological polar surface area (TPSA) is 93.2 Å². The van der Waals surface area contributed by atoms with Crippen LogP contribution < -0.4 is 5.32 Å². The maximum Gasteiger partial charge on any atom is 0.241 e. The first-order valence-corrected chi connectivity index (χ1v) is 6.98. The molecule has 1 aliphatic carbocycles. The lowest BCUT2D eigenvalue weighted by molar-refractivity contribution is -0.123. The first-order valence-electron chi connectivity index (χ1n) is 6.98. The second-order valence-corrected chi connectivity index (χ2v) is 5.64. The first-order chi connectivity index (χ1) is 10.0. The predicted molar refractivity (Wildman–Crippen MR) is 73.3 cm³/mol. The molecular formula is C14H18N4O3. The van der Waals surface area contributed by atoms with Crippen LogP contribution in [0.4, 0.5) is 0 Å². The average Bonchev–Trinajstić information content (AvgIpc) is 2.96. The second kappa shape index (κ2) is 5.33. The van der Waals surface area contributed by atoms with Crippen LogP contribution in [0.2, 0.25) is 0 Å². The Morgan fingerprint density at radius 2 is 2.43 bits per heavy atom. The van der Waals surface area contributed by atoms with Crippen molar-refractivity contribution in [2.45, 2.75) is 37.8 Å². The van der Waals surface area contributed by atoms with Gasteiger partial charge in [-0.3, -0.25) is 4.79 Å². The number of nitrogens with one attached hydrogen (secondary N) is 1. The summed E-state index contributed by atoms with van der Waals surface area (Å²) in [6, 6.07) is 3.37. The molecule has 0 spiro atoms. The van der Waals surface area contributed by atoms with Crippen LogP contribution in [0.1, 0.15) is 37.1 Å². The van der Waals surface area contributed by atoms with Crippen molar-refractivity contribution >= 4 is 5.91 Å². The second-order valence-electron chi connectivity index (χ2n) is 5.64. The van der Waals surface area contributed by atoms with E-state index in [1.54, 1.807) is 19.1 Å². The van der Waals surface area contributed by atoms with Gasteiger partial charge in [-0.25, -0.2) is 4.68 Å². The Hall–Kier alpha value is -2.15. The van der Waals surface area contributed by atoms with Crippen LogP contribution in [0.25, 0.3) is 0 Å². The van der Waals surface area contributed by atoms with Gasteiger partial charge in [0.1, 0.15) is 17.9 Å². The fourth-order valence-electron chi connectivity index (χ4n) is 2.10. The fraction of sp³-hybridized carbons (Fsp3) is 0.500. The molecule has 1 amide bonds. The van der Waals surface area contributed by atoms with E-state index in [4.69, 9.17) is 4.42 Å². The van der Waals surface area contributed by atoms with Gasteiger partial charge in [-0.05, 0) is 31.9 Å². The van der Waals surface area contributed by atoms with Gasteiger partial charge in [-0.2, -0.15) is 0 Å². The molecule has 0 aromatic carbocycles. The van der Waals surface area contributed by atoms with Crippen LogP contribution in [0.3, 0.4) is 0 Å². The van der Waals surface area contributed by atoms with E-state index in [1.165, 1.54) is 10.9 Å². The number of amides is 1. The highest BCUT2D eigenvalue weighted by molar-refractivity contribution is 5.75. The summed E-state index contributed by atoms with van der Waals surface area (Å²) in [6.45, 7) is 1.75. The number of hydrogen-bond donors (Lipinski definition) is 2. The lowest BCUT2D eigenvalue weighted by atomic mass is 10.0. The summed E-state index contributed by atoms with van der Waals surface area (Å²) in [5, 5.41) is 20.9. The molecule has 1 aliphatic rings. The standard InChI is InChI=1S/C14H18N4O3/c1-14(20,12-3-2-6-21-12)9-15-13(19)8-18-7-11(16-17-18)10-4-5-10/h2-3,6-7,10,20H,4-5,8-9H2,1H3,(H,15,19). The van der Waals surface area contributed by atoms with Crippen molar-refractivity contribution in [1.82, 2.24) is 20.3 Å². The normalized spacial score (nSPS) is 17.4. The van der Waals surface area contributed by atoms with E-state index in [9.17, 15) is 9.90 Å². The van der Waals surface area contributed by atoms with E-state index in [2.05, 4.69) is 15.6 Å². The Balaban J connectivity index is 1.51. The molecule has 0 saturated heterocycles. The lowest BCUT2D eigenvalue weighted by Gasteiger charge is -2.21. The minimum atomic E-state index is -1.24. The molecule has 2 aromatic rings.